The first-order valence-corrected chi connectivity index (χ1v) is 9.16. The second kappa shape index (κ2) is 7.09. The molecule has 0 amide bonds. The van der Waals surface area contributed by atoms with E-state index >= 15 is 0 Å². The molecule has 0 saturated carbocycles. The minimum Gasteiger partial charge on any atom is -0.252 e. The van der Waals surface area contributed by atoms with Gasteiger partial charge in [-0.3, -0.25) is 4.98 Å². The molecule has 128 valence electrons. The highest BCUT2D eigenvalue weighted by molar-refractivity contribution is 5.78. The fourth-order valence-electron chi connectivity index (χ4n) is 3.22. The first kappa shape index (κ1) is 16.5. The van der Waals surface area contributed by atoms with Crippen LogP contribution in [0.5, 0.6) is 0 Å². The molecule has 0 spiro atoms. The molecule has 4 rings (SSSR count). The predicted octanol–water partition coefficient (Wildman–Crippen LogP) is 6.22. The van der Waals surface area contributed by atoms with E-state index in [2.05, 4.69) is 85.6 Å². The van der Waals surface area contributed by atoms with E-state index in [1.54, 1.807) is 0 Å². The van der Waals surface area contributed by atoms with Gasteiger partial charge in [-0.05, 0) is 42.2 Å². The number of aromatic nitrogens is 2. The molecule has 0 radical (unpaired) electrons. The van der Waals surface area contributed by atoms with E-state index in [1.165, 1.54) is 22.3 Å². The number of nitrogens with zero attached hydrogens (tertiary/aromatic N) is 2. The van der Waals surface area contributed by atoms with Crippen LogP contribution in [0, 0.1) is 6.92 Å². The summed E-state index contributed by atoms with van der Waals surface area (Å²) in [7, 11) is 0. The van der Waals surface area contributed by atoms with Crippen molar-refractivity contribution in [3.05, 3.63) is 84.1 Å². The Hall–Kier alpha value is -3.00. The highest BCUT2D eigenvalue weighted by atomic mass is 14.8. The molecule has 1 aromatic heterocycles. The zero-order valence-corrected chi connectivity index (χ0v) is 15.2. The molecular formula is C24H22N2. The second-order valence-corrected chi connectivity index (χ2v) is 6.77. The molecule has 0 atom stereocenters. The van der Waals surface area contributed by atoms with E-state index in [1.807, 2.05) is 6.20 Å². The molecule has 0 aliphatic rings. The zero-order valence-electron chi connectivity index (χ0n) is 15.2. The van der Waals surface area contributed by atoms with Crippen LogP contribution in [0.2, 0.25) is 0 Å². The smallest absolute Gasteiger partial charge is 0.0894 e. The largest absolute Gasteiger partial charge is 0.252 e. The van der Waals surface area contributed by atoms with E-state index in [9.17, 15) is 0 Å². The van der Waals surface area contributed by atoms with Crippen LogP contribution in [0.1, 0.15) is 24.5 Å². The maximum absolute atomic E-state index is 4.80. The third-order valence-corrected chi connectivity index (χ3v) is 4.71. The minimum atomic E-state index is 0.913. The van der Waals surface area contributed by atoms with E-state index < -0.39 is 0 Å². The Morgan fingerprint density at radius 2 is 1.38 bits per heavy atom. The summed E-state index contributed by atoms with van der Waals surface area (Å²) < 4.78 is 0. The quantitative estimate of drug-likeness (QED) is 0.441. The van der Waals surface area contributed by atoms with Gasteiger partial charge in [0.05, 0.1) is 22.9 Å². The van der Waals surface area contributed by atoms with Crippen LogP contribution in [-0.2, 0) is 6.42 Å². The first-order valence-electron chi connectivity index (χ1n) is 9.16. The van der Waals surface area contributed by atoms with Crippen LogP contribution < -0.4 is 0 Å². The van der Waals surface area contributed by atoms with Gasteiger partial charge in [0, 0.05) is 5.56 Å². The maximum atomic E-state index is 4.80. The van der Waals surface area contributed by atoms with Crippen molar-refractivity contribution in [1.29, 1.82) is 0 Å². The van der Waals surface area contributed by atoms with Gasteiger partial charge in [0.2, 0.25) is 0 Å². The van der Waals surface area contributed by atoms with Gasteiger partial charge in [0.25, 0.3) is 0 Å². The molecule has 0 unspecified atom stereocenters. The Balaban J connectivity index is 1.64. The van der Waals surface area contributed by atoms with Crippen molar-refractivity contribution in [2.45, 2.75) is 26.7 Å². The lowest BCUT2D eigenvalue weighted by atomic mass is 10.0. The van der Waals surface area contributed by atoms with Crippen molar-refractivity contribution < 1.29 is 0 Å². The van der Waals surface area contributed by atoms with E-state index in [0.717, 1.165) is 35.1 Å². The third kappa shape index (κ3) is 3.36. The van der Waals surface area contributed by atoms with Crippen LogP contribution in [0.4, 0.5) is 0 Å². The highest BCUT2D eigenvalue weighted by Gasteiger charge is 2.05. The van der Waals surface area contributed by atoms with E-state index in [0.29, 0.717) is 0 Å². The lowest BCUT2D eigenvalue weighted by Gasteiger charge is -2.07. The molecule has 26 heavy (non-hydrogen) atoms. The SMILES string of the molecule is CCCc1ccc2nc(-c3ccc(-c4ccc(C)cc4)cc3)cnc2c1. The molecule has 1 heterocycles. The molecule has 2 heteroatoms. The Bertz CT molecular complexity index is 1030. The first-order chi connectivity index (χ1) is 12.7. The van der Waals surface area contributed by atoms with Gasteiger partial charge in [0.1, 0.15) is 0 Å². The molecule has 3 aromatic carbocycles. The molecule has 0 aliphatic heterocycles. The van der Waals surface area contributed by atoms with Crippen molar-refractivity contribution >= 4 is 11.0 Å². The number of benzene rings is 3. The summed E-state index contributed by atoms with van der Waals surface area (Å²) >= 11 is 0. The van der Waals surface area contributed by atoms with Crippen molar-refractivity contribution in [2.75, 3.05) is 0 Å². The zero-order chi connectivity index (χ0) is 17.9. The van der Waals surface area contributed by atoms with Gasteiger partial charge in [-0.2, -0.15) is 0 Å². The Morgan fingerprint density at radius 3 is 2.08 bits per heavy atom. The van der Waals surface area contributed by atoms with Crippen molar-refractivity contribution in [1.82, 2.24) is 9.97 Å². The molecule has 0 fully saturated rings. The van der Waals surface area contributed by atoms with Crippen LogP contribution in [0.15, 0.2) is 72.9 Å². The van der Waals surface area contributed by atoms with E-state index in [4.69, 9.17) is 4.98 Å². The minimum absolute atomic E-state index is 0.913. The summed E-state index contributed by atoms with van der Waals surface area (Å²) in [4.78, 5) is 9.43. The standard InChI is InChI=1S/C24H22N2/c1-3-4-18-7-14-22-23(15-18)25-16-24(26-22)21-12-10-20(11-13-21)19-8-5-17(2)6-9-19/h5-16H,3-4H2,1-2H3. The number of fused-ring (bicyclic) bond motifs is 1. The fourth-order valence-corrected chi connectivity index (χ4v) is 3.22. The monoisotopic (exact) mass is 338 g/mol. The van der Waals surface area contributed by atoms with Gasteiger partial charge in [-0.15, -0.1) is 0 Å². The summed E-state index contributed by atoms with van der Waals surface area (Å²) in [6, 6.07) is 23.5. The second-order valence-electron chi connectivity index (χ2n) is 6.77. The number of rotatable bonds is 4. The topological polar surface area (TPSA) is 25.8 Å². The highest BCUT2D eigenvalue weighted by Crippen LogP contribution is 2.25. The lowest BCUT2D eigenvalue weighted by molar-refractivity contribution is 0.923. The molecule has 4 aromatic rings. The molecule has 0 aliphatic carbocycles. The van der Waals surface area contributed by atoms with Crippen LogP contribution in [-0.4, -0.2) is 9.97 Å². The Kier molecular flexibility index (Phi) is 4.49. The third-order valence-electron chi connectivity index (χ3n) is 4.71. The molecule has 0 bridgehead atoms. The van der Waals surface area contributed by atoms with Crippen LogP contribution >= 0.6 is 0 Å². The predicted molar refractivity (Wildman–Crippen MR) is 109 cm³/mol. The summed E-state index contributed by atoms with van der Waals surface area (Å²) in [5.41, 5.74) is 8.97. The lowest BCUT2D eigenvalue weighted by Crippen LogP contribution is -1.91. The van der Waals surface area contributed by atoms with Crippen LogP contribution in [0.3, 0.4) is 0 Å². The molecule has 0 N–H and O–H groups in total. The summed E-state index contributed by atoms with van der Waals surface area (Å²) in [6.07, 6.45) is 4.10. The summed E-state index contributed by atoms with van der Waals surface area (Å²) in [6.45, 7) is 4.30. The average molecular weight is 338 g/mol. The normalized spacial score (nSPS) is 11.0. The summed E-state index contributed by atoms with van der Waals surface area (Å²) in [5, 5.41) is 0. The van der Waals surface area contributed by atoms with Gasteiger partial charge in [-0.25, -0.2) is 4.98 Å². The molecular weight excluding hydrogens is 316 g/mol. The van der Waals surface area contributed by atoms with Gasteiger partial charge >= 0.3 is 0 Å². The van der Waals surface area contributed by atoms with Crippen molar-refractivity contribution in [2.24, 2.45) is 0 Å². The van der Waals surface area contributed by atoms with Crippen molar-refractivity contribution in [3.8, 4) is 22.4 Å². The molecule has 0 saturated heterocycles. The maximum Gasteiger partial charge on any atom is 0.0894 e. The van der Waals surface area contributed by atoms with Gasteiger partial charge < -0.3 is 0 Å². The summed E-state index contributed by atoms with van der Waals surface area (Å²) in [5.74, 6) is 0. The Labute approximate surface area is 154 Å². The number of hydrogen-bond donors (Lipinski definition) is 0. The van der Waals surface area contributed by atoms with Crippen LogP contribution in [0.25, 0.3) is 33.4 Å². The van der Waals surface area contributed by atoms with Gasteiger partial charge in [0.15, 0.2) is 0 Å². The van der Waals surface area contributed by atoms with Gasteiger partial charge in [-0.1, -0.05) is 73.5 Å². The number of hydrogen-bond acceptors (Lipinski definition) is 2. The van der Waals surface area contributed by atoms with E-state index in [-0.39, 0.29) is 0 Å². The molecule has 2 nitrogen and oxygen atoms in total. The fraction of sp³-hybridized carbons (Fsp3) is 0.167. The van der Waals surface area contributed by atoms with Crippen molar-refractivity contribution in [3.63, 3.8) is 0 Å². The number of aryl methyl sites for hydroxylation is 2. The average Bonchev–Trinajstić information content (AvgIpc) is 2.69. The Morgan fingerprint density at radius 1 is 0.731 bits per heavy atom.